The molecule has 0 radical (unpaired) electrons. The smallest absolute Gasteiger partial charge is 0.254 e. The number of carbonyl (C=O) groups is 2. The van der Waals surface area contributed by atoms with E-state index in [4.69, 9.17) is 5.11 Å². The number of amides is 1. The summed E-state index contributed by atoms with van der Waals surface area (Å²) in [7, 11) is 0. The Morgan fingerprint density at radius 1 is 0.929 bits per heavy atom. The van der Waals surface area contributed by atoms with Crippen molar-refractivity contribution in [2.24, 2.45) is 0 Å². The fourth-order valence-corrected chi connectivity index (χ4v) is 4.14. The fourth-order valence-electron chi connectivity index (χ4n) is 4.14. The summed E-state index contributed by atoms with van der Waals surface area (Å²) < 4.78 is 0. The lowest BCUT2D eigenvalue weighted by atomic mass is 9.93. The lowest BCUT2D eigenvalue weighted by Gasteiger charge is -2.30. The minimum Gasteiger partial charge on any atom is -0.388 e. The van der Waals surface area contributed by atoms with Crippen LogP contribution in [-0.4, -0.2) is 65.9 Å². The van der Waals surface area contributed by atoms with Crippen LogP contribution in [0.2, 0.25) is 0 Å². The molecule has 0 atom stereocenters. The summed E-state index contributed by atoms with van der Waals surface area (Å²) in [6.07, 6.45) is 3.42. The van der Waals surface area contributed by atoms with Crippen LogP contribution in [0.15, 0.2) is 42.5 Å². The molecule has 2 aliphatic rings. The Labute approximate surface area is 165 Å². The first-order valence-corrected chi connectivity index (χ1v) is 10.0. The van der Waals surface area contributed by atoms with Gasteiger partial charge in [-0.3, -0.25) is 9.59 Å². The van der Waals surface area contributed by atoms with Crippen molar-refractivity contribution < 1.29 is 14.7 Å². The number of rotatable bonds is 6. The third-order valence-corrected chi connectivity index (χ3v) is 5.84. The molecule has 2 aliphatic heterocycles. The van der Waals surface area contributed by atoms with Gasteiger partial charge in [-0.1, -0.05) is 36.4 Å². The van der Waals surface area contributed by atoms with E-state index in [1.807, 2.05) is 29.2 Å². The Bertz CT molecular complexity index is 870. The maximum absolute atomic E-state index is 12.9. The maximum Gasteiger partial charge on any atom is 0.254 e. The number of likely N-dealkylation sites (tertiary alicyclic amines) is 1. The molecule has 0 aliphatic carbocycles. The van der Waals surface area contributed by atoms with Crippen molar-refractivity contribution in [1.29, 1.82) is 0 Å². The predicted molar refractivity (Wildman–Crippen MR) is 109 cm³/mol. The number of carbonyl (C=O) groups excluding carboxylic acids is 2. The zero-order valence-electron chi connectivity index (χ0n) is 16.1. The average Bonchev–Trinajstić information content (AvgIpc) is 3.26. The first-order chi connectivity index (χ1) is 13.7. The summed E-state index contributed by atoms with van der Waals surface area (Å²) in [4.78, 5) is 28.9. The summed E-state index contributed by atoms with van der Waals surface area (Å²) in [6.45, 7) is 4.38. The molecule has 4 rings (SSSR count). The number of hydrogen-bond acceptors (Lipinski definition) is 4. The predicted octanol–water partition coefficient (Wildman–Crippen LogP) is 2.62. The fraction of sp³-hybridized carbons (Fsp3) is 0.391. The molecule has 28 heavy (non-hydrogen) atoms. The highest BCUT2D eigenvalue weighted by Gasteiger charge is 2.25. The van der Waals surface area contributed by atoms with E-state index in [0.717, 1.165) is 61.4 Å². The summed E-state index contributed by atoms with van der Waals surface area (Å²) in [6, 6.07) is 13.2. The average molecular weight is 378 g/mol. The topological polar surface area (TPSA) is 60.9 Å². The number of nitrogens with zero attached hydrogens (tertiary/aromatic N) is 2. The monoisotopic (exact) mass is 378 g/mol. The Kier molecular flexibility index (Phi) is 5.55. The maximum atomic E-state index is 12.9. The number of aliphatic hydroxyl groups is 1. The van der Waals surface area contributed by atoms with Crippen molar-refractivity contribution in [1.82, 2.24) is 9.80 Å². The molecular weight excluding hydrogens is 352 g/mol. The molecule has 2 aromatic carbocycles. The summed E-state index contributed by atoms with van der Waals surface area (Å²) >= 11 is 0. The first-order valence-electron chi connectivity index (χ1n) is 10.0. The van der Waals surface area contributed by atoms with Gasteiger partial charge in [-0.25, -0.2) is 0 Å². The molecule has 2 heterocycles. The zero-order chi connectivity index (χ0) is 19.5. The van der Waals surface area contributed by atoms with Gasteiger partial charge in [0.2, 0.25) is 0 Å². The standard InChI is InChI=1S/C23H26N2O3/c26-16-22(27)18-5-3-17(4-6-18)19-7-8-21-20(15-19)9-12-25(23(21)28)14-13-24-10-1-2-11-24/h3-8,15,26H,1-2,9-14,16H2. The van der Waals surface area contributed by atoms with Gasteiger partial charge in [-0.05, 0) is 55.1 Å². The molecule has 0 aromatic heterocycles. The Hall–Kier alpha value is -2.50. The van der Waals surface area contributed by atoms with Crippen LogP contribution in [0.4, 0.5) is 0 Å². The minimum atomic E-state index is -0.478. The quantitative estimate of drug-likeness (QED) is 0.785. The van der Waals surface area contributed by atoms with E-state index in [-0.39, 0.29) is 11.7 Å². The van der Waals surface area contributed by atoms with Gasteiger partial charge in [0.05, 0.1) is 0 Å². The number of ketones is 1. The SMILES string of the molecule is O=C(CO)c1ccc(-c2ccc3c(c2)CCN(CCN2CCCC2)C3=O)cc1. The number of aliphatic hydroxyl groups excluding tert-OH is 1. The van der Waals surface area contributed by atoms with Gasteiger partial charge in [-0.15, -0.1) is 0 Å². The summed E-state index contributed by atoms with van der Waals surface area (Å²) in [5, 5.41) is 8.96. The molecule has 2 aromatic rings. The van der Waals surface area contributed by atoms with Gasteiger partial charge in [0.25, 0.3) is 5.91 Å². The van der Waals surface area contributed by atoms with Crippen molar-refractivity contribution in [3.05, 3.63) is 59.2 Å². The van der Waals surface area contributed by atoms with Crippen LogP contribution in [0.25, 0.3) is 11.1 Å². The molecule has 146 valence electrons. The van der Waals surface area contributed by atoms with Crippen LogP contribution in [0.5, 0.6) is 0 Å². The van der Waals surface area contributed by atoms with E-state index in [1.54, 1.807) is 12.1 Å². The normalized spacial score (nSPS) is 17.0. The molecule has 5 heteroatoms. The van der Waals surface area contributed by atoms with Crippen LogP contribution in [-0.2, 0) is 6.42 Å². The third kappa shape index (κ3) is 3.86. The lowest BCUT2D eigenvalue weighted by Crippen LogP contribution is -2.42. The van der Waals surface area contributed by atoms with Gasteiger partial charge in [0.1, 0.15) is 6.61 Å². The highest BCUT2D eigenvalue weighted by molar-refractivity contribution is 5.98. The van der Waals surface area contributed by atoms with Crippen molar-refractivity contribution >= 4 is 11.7 Å². The molecule has 1 fully saturated rings. The van der Waals surface area contributed by atoms with Gasteiger partial charge in [-0.2, -0.15) is 0 Å². The minimum absolute atomic E-state index is 0.135. The van der Waals surface area contributed by atoms with Crippen LogP contribution in [0.1, 0.15) is 39.1 Å². The largest absolute Gasteiger partial charge is 0.388 e. The van der Waals surface area contributed by atoms with Crippen molar-refractivity contribution in [2.75, 3.05) is 39.3 Å². The molecule has 1 saturated heterocycles. The molecule has 0 bridgehead atoms. The van der Waals surface area contributed by atoms with Gasteiger partial charge in [0, 0.05) is 30.8 Å². The highest BCUT2D eigenvalue weighted by Crippen LogP contribution is 2.27. The van der Waals surface area contributed by atoms with Gasteiger partial charge >= 0.3 is 0 Å². The van der Waals surface area contributed by atoms with Crippen LogP contribution >= 0.6 is 0 Å². The molecule has 1 amide bonds. The van der Waals surface area contributed by atoms with Crippen LogP contribution in [0.3, 0.4) is 0 Å². The van der Waals surface area contributed by atoms with Crippen molar-refractivity contribution in [3.63, 3.8) is 0 Å². The van der Waals surface area contributed by atoms with E-state index < -0.39 is 6.61 Å². The molecule has 0 saturated carbocycles. The molecule has 1 N–H and O–H groups in total. The zero-order valence-corrected chi connectivity index (χ0v) is 16.1. The van der Waals surface area contributed by atoms with Gasteiger partial charge < -0.3 is 14.9 Å². The molecular formula is C23H26N2O3. The first kappa shape index (κ1) is 18.8. The number of fused-ring (bicyclic) bond motifs is 1. The van der Waals surface area contributed by atoms with Crippen molar-refractivity contribution in [2.45, 2.75) is 19.3 Å². The van der Waals surface area contributed by atoms with Crippen molar-refractivity contribution in [3.8, 4) is 11.1 Å². The second-order valence-corrected chi connectivity index (χ2v) is 7.62. The van der Waals surface area contributed by atoms with E-state index in [0.29, 0.717) is 5.56 Å². The lowest BCUT2D eigenvalue weighted by molar-refractivity contribution is 0.0724. The second kappa shape index (κ2) is 8.25. The third-order valence-electron chi connectivity index (χ3n) is 5.84. The number of Topliss-reactive ketones (excluding diaryl/α,β-unsaturated/α-hetero) is 1. The van der Waals surface area contributed by atoms with E-state index >= 15 is 0 Å². The van der Waals surface area contributed by atoms with E-state index in [1.165, 1.54) is 12.8 Å². The highest BCUT2D eigenvalue weighted by atomic mass is 16.3. The Morgan fingerprint density at radius 3 is 2.36 bits per heavy atom. The van der Waals surface area contributed by atoms with Crippen LogP contribution in [0, 0.1) is 0 Å². The number of hydrogen-bond donors (Lipinski definition) is 1. The van der Waals surface area contributed by atoms with E-state index in [2.05, 4.69) is 11.0 Å². The molecule has 0 unspecified atom stereocenters. The second-order valence-electron chi connectivity index (χ2n) is 7.62. The Morgan fingerprint density at radius 2 is 1.64 bits per heavy atom. The van der Waals surface area contributed by atoms with Gasteiger partial charge in [0.15, 0.2) is 5.78 Å². The Balaban J connectivity index is 1.47. The molecule has 5 nitrogen and oxygen atoms in total. The molecule has 0 spiro atoms. The summed E-state index contributed by atoms with van der Waals surface area (Å²) in [5.41, 5.74) is 4.45. The summed E-state index contributed by atoms with van der Waals surface area (Å²) in [5.74, 6) is -0.146. The van der Waals surface area contributed by atoms with Crippen LogP contribution < -0.4 is 0 Å². The van der Waals surface area contributed by atoms with E-state index in [9.17, 15) is 9.59 Å². The number of benzene rings is 2.